The van der Waals surface area contributed by atoms with Crippen molar-refractivity contribution in [2.45, 2.75) is 83.0 Å². The van der Waals surface area contributed by atoms with Crippen LogP contribution < -0.4 is 4.90 Å². The number of ether oxygens (including phenoxy) is 2. The Morgan fingerprint density at radius 2 is 1.90 bits per heavy atom. The van der Waals surface area contributed by atoms with Crippen LogP contribution in [0.5, 0.6) is 0 Å². The summed E-state index contributed by atoms with van der Waals surface area (Å²) in [6.45, 7) is 14.1. The molecule has 40 heavy (non-hydrogen) atoms. The minimum Gasteiger partial charge on any atom is -0.465 e. The topological polar surface area (TPSA) is 96.4 Å². The van der Waals surface area contributed by atoms with E-state index in [2.05, 4.69) is 13.2 Å². The fourth-order valence-corrected chi connectivity index (χ4v) is 7.29. The molecule has 0 radical (unpaired) electrons. The van der Waals surface area contributed by atoms with Crippen molar-refractivity contribution >= 4 is 23.5 Å². The highest BCUT2D eigenvalue weighted by Gasteiger charge is 2.79. The van der Waals surface area contributed by atoms with Gasteiger partial charge in [0.2, 0.25) is 5.91 Å². The Labute approximate surface area is 238 Å². The summed E-state index contributed by atoms with van der Waals surface area (Å²) < 4.78 is 12.6. The van der Waals surface area contributed by atoms with Crippen molar-refractivity contribution in [2.24, 2.45) is 11.8 Å². The van der Waals surface area contributed by atoms with Crippen LogP contribution in [0, 0.1) is 25.7 Å². The van der Waals surface area contributed by atoms with Crippen LogP contribution in [0.2, 0.25) is 0 Å². The predicted molar refractivity (Wildman–Crippen MR) is 154 cm³/mol. The van der Waals surface area contributed by atoms with Gasteiger partial charge in [0, 0.05) is 25.4 Å². The van der Waals surface area contributed by atoms with Crippen molar-refractivity contribution in [3.63, 3.8) is 0 Å². The van der Waals surface area contributed by atoms with Crippen molar-refractivity contribution in [3.8, 4) is 0 Å². The van der Waals surface area contributed by atoms with Crippen LogP contribution in [-0.4, -0.2) is 71.3 Å². The van der Waals surface area contributed by atoms with E-state index in [0.29, 0.717) is 32.1 Å². The Hall–Kier alpha value is -2.97. The first-order valence-corrected chi connectivity index (χ1v) is 14.6. The molecule has 3 aliphatic heterocycles. The van der Waals surface area contributed by atoms with Crippen LogP contribution in [-0.2, 0) is 23.9 Å². The molecule has 1 N–H and O–H groups in total. The third kappa shape index (κ3) is 4.90. The number of anilines is 1. The lowest BCUT2D eigenvalue weighted by Crippen LogP contribution is -2.56. The number of amides is 2. The van der Waals surface area contributed by atoms with E-state index >= 15 is 0 Å². The summed E-state index contributed by atoms with van der Waals surface area (Å²) in [6.07, 6.45) is 7.88. The Bertz CT molecular complexity index is 1130. The molecule has 3 saturated heterocycles. The lowest BCUT2D eigenvalue weighted by atomic mass is 9.65. The molecule has 2 unspecified atom stereocenters. The molecule has 4 rings (SSSR count). The summed E-state index contributed by atoms with van der Waals surface area (Å²) in [5, 5.41) is 9.63. The maximum Gasteiger partial charge on any atom is 0.312 e. The van der Waals surface area contributed by atoms with Crippen LogP contribution >= 0.6 is 0 Å². The van der Waals surface area contributed by atoms with E-state index in [1.54, 1.807) is 15.9 Å². The highest BCUT2D eigenvalue weighted by Crippen LogP contribution is 2.64. The molecule has 8 heteroatoms. The Balaban J connectivity index is 1.74. The van der Waals surface area contributed by atoms with Gasteiger partial charge in [0.15, 0.2) is 0 Å². The molecular formula is C32H44N2O6. The molecule has 1 spiro atoms. The van der Waals surface area contributed by atoms with Gasteiger partial charge < -0.3 is 24.4 Å². The molecule has 3 fully saturated rings. The van der Waals surface area contributed by atoms with Crippen LogP contribution in [0.1, 0.15) is 63.0 Å². The predicted octanol–water partition coefficient (Wildman–Crippen LogP) is 4.26. The van der Waals surface area contributed by atoms with Gasteiger partial charge in [-0.2, -0.15) is 0 Å². The quantitative estimate of drug-likeness (QED) is 0.211. The van der Waals surface area contributed by atoms with Crippen molar-refractivity contribution in [2.75, 3.05) is 31.2 Å². The van der Waals surface area contributed by atoms with Crippen LogP contribution in [0.25, 0.3) is 0 Å². The maximum atomic E-state index is 14.6. The zero-order chi connectivity index (χ0) is 29.1. The highest BCUT2D eigenvalue weighted by atomic mass is 16.6. The molecule has 218 valence electrons. The number of likely N-dealkylation sites (tertiary alicyclic amines) is 1. The molecule has 2 amide bonds. The number of fused-ring (bicyclic) bond motifs is 1. The standard InChI is InChI=1S/C32H44N2O6/c1-6-9-10-11-21-39-30(38)25-24-28(36)34(19-13-20-35)27(32(24)17-16-31(25,8-3)40-32)29(37)33(18-7-2)26-22(4)14-12-15-23(26)5/h6-7,12,14-15,24-25,27,35H,1-2,8-11,13,16-21H2,3-5H3/t24-,25-,27?,31+,32?/m0/s1. The normalized spacial score (nSPS) is 28.4. The summed E-state index contributed by atoms with van der Waals surface area (Å²) in [7, 11) is 0. The Morgan fingerprint density at radius 3 is 2.52 bits per heavy atom. The minimum atomic E-state index is -1.14. The number of aliphatic hydroxyl groups is 1. The van der Waals surface area contributed by atoms with E-state index in [1.807, 2.05) is 45.0 Å². The van der Waals surface area contributed by atoms with Crippen LogP contribution in [0.4, 0.5) is 5.69 Å². The summed E-state index contributed by atoms with van der Waals surface area (Å²) in [4.78, 5) is 45.7. The molecule has 3 aliphatic rings. The van der Waals surface area contributed by atoms with Gasteiger partial charge in [-0.05, 0) is 69.9 Å². The number of hydrogen-bond acceptors (Lipinski definition) is 6. The number of benzene rings is 1. The fraction of sp³-hybridized carbons (Fsp3) is 0.594. The lowest BCUT2D eigenvalue weighted by molar-refractivity contribution is -0.161. The van der Waals surface area contributed by atoms with Gasteiger partial charge in [-0.3, -0.25) is 14.4 Å². The molecule has 0 aliphatic carbocycles. The van der Waals surface area contributed by atoms with Crippen molar-refractivity contribution in [1.82, 2.24) is 4.90 Å². The zero-order valence-electron chi connectivity index (χ0n) is 24.2. The number of rotatable bonds is 14. The molecule has 1 aromatic rings. The lowest BCUT2D eigenvalue weighted by Gasteiger charge is -2.37. The van der Waals surface area contributed by atoms with E-state index in [1.165, 1.54) is 0 Å². The molecule has 5 atom stereocenters. The molecule has 0 saturated carbocycles. The SMILES string of the molecule is C=CCCCCOC(=O)[C@@H]1[C@H]2C(=O)N(CCCO)C(C(=O)N(CC=C)c3c(C)cccc3C)C23CC[C@@]1(CC)O3. The summed E-state index contributed by atoms with van der Waals surface area (Å²) in [5.41, 5.74) is 0.685. The minimum absolute atomic E-state index is 0.119. The monoisotopic (exact) mass is 552 g/mol. The van der Waals surface area contributed by atoms with E-state index in [-0.39, 0.29) is 38.1 Å². The Kier molecular flexibility index (Phi) is 9.20. The average Bonchev–Trinajstić information content (AvgIpc) is 3.54. The van der Waals surface area contributed by atoms with Crippen molar-refractivity contribution < 1.29 is 29.0 Å². The molecular weight excluding hydrogens is 508 g/mol. The number of esters is 1. The molecule has 3 heterocycles. The van der Waals surface area contributed by atoms with Crippen LogP contribution in [0.15, 0.2) is 43.5 Å². The summed E-state index contributed by atoms with van der Waals surface area (Å²) in [6, 6.07) is 4.95. The maximum absolute atomic E-state index is 14.6. The molecule has 0 aromatic heterocycles. The second kappa shape index (κ2) is 12.3. The number of allylic oxidation sites excluding steroid dienone is 1. The number of hydrogen-bond donors (Lipinski definition) is 1. The second-order valence-electron chi connectivity index (χ2n) is 11.4. The first-order valence-electron chi connectivity index (χ1n) is 14.6. The van der Waals surface area contributed by atoms with Gasteiger partial charge in [0.25, 0.3) is 5.91 Å². The van der Waals surface area contributed by atoms with Gasteiger partial charge in [-0.25, -0.2) is 0 Å². The smallest absolute Gasteiger partial charge is 0.312 e. The van der Waals surface area contributed by atoms with Crippen molar-refractivity contribution in [1.29, 1.82) is 0 Å². The number of para-hydroxylation sites is 1. The Morgan fingerprint density at radius 1 is 1.18 bits per heavy atom. The van der Waals surface area contributed by atoms with Gasteiger partial charge in [-0.1, -0.05) is 37.3 Å². The first-order chi connectivity index (χ1) is 19.2. The molecule has 8 nitrogen and oxygen atoms in total. The molecule has 2 bridgehead atoms. The highest BCUT2D eigenvalue weighted by molar-refractivity contribution is 6.05. The van der Waals surface area contributed by atoms with Gasteiger partial charge in [-0.15, -0.1) is 13.2 Å². The van der Waals surface area contributed by atoms with Crippen molar-refractivity contribution in [3.05, 3.63) is 54.6 Å². The third-order valence-corrected chi connectivity index (χ3v) is 9.06. The van der Waals surface area contributed by atoms with Gasteiger partial charge in [0.1, 0.15) is 17.6 Å². The number of aliphatic hydroxyl groups excluding tert-OH is 1. The van der Waals surface area contributed by atoms with E-state index in [0.717, 1.165) is 29.7 Å². The van der Waals surface area contributed by atoms with Gasteiger partial charge >= 0.3 is 5.97 Å². The van der Waals surface area contributed by atoms with Crippen LogP contribution in [0.3, 0.4) is 0 Å². The fourth-order valence-electron chi connectivity index (χ4n) is 7.29. The average molecular weight is 553 g/mol. The third-order valence-electron chi connectivity index (χ3n) is 9.06. The molecule has 1 aromatic carbocycles. The van der Waals surface area contributed by atoms with E-state index in [9.17, 15) is 19.5 Å². The number of aryl methyl sites for hydroxylation is 2. The van der Waals surface area contributed by atoms with E-state index in [4.69, 9.17) is 9.47 Å². The number of carbonyl (C=O) groups is 3. The summed E-state index contributed by atoms with van der Waals surface area (Å²) in [5.74, 6) is -2.53. The zero-order valence-corrected chi connectivity index (χ0v) is 24.2. The summed E-state index contributed by atoms with van der Waals surface area (Å²) >= 11 is 0. The number of unbranched alkanes of at least 4 members (excludes halogenated alkanes) is 2. The van der Waals surface area contributed by atoms with E-state index < -0.39 is 35.0 Å². The largest absolute Gasteiger partial charge is 0.465 e. The van der Waals surface area contributed by atoms with Gasteiger partial charge in [0.05, 0.1) is 18.1 Å². The first kappa shape index (κ1) is 30.0. The number of carbonyl (C=O) groups excluding carboxylic acids is 3. The second-order valence-corrected chi connectivity index (χ2v) is 11.4. The number of nitrogens with zero attached hydrogens (tertiary/aromatic N) is 2.